The minimum absolute atomic E-state index is 0.777. The fourth-order valence-electron chi connectivity index (χ4n) is 1.39. The van der Waals surface area contributed by atoms with Crippen molar-refractivity contribution in [1.29, 1.82) is 0 Å². The van der Waals surface area contributed by atoms with Gasteiger partial charge in [0.25, 0.3) is 0 Å². The number of thioether (sulfide) groups is 1. The lowest BCUT2D eigenvalue weighted by molar-refractivity contribution is 0.185. The van der Waals surface area contributed by atoms with Gasteiger partial charge in [0.15, 0.2) is 0 Å². The van der Waals surface area contributed by atoms with Crippen molar-refractivity contribution in [2.75, 3.05) is 38.3 Å². The zero-order valence-electron chi connectivity index (χ0n) is 7.84. The molecule has 2 nitrogen and oxygen atoms in total. The van der Waals surface area contributed by atoms with Gasteiger partial charge in [-0.15, -0.1) is 0 Å². The fraction of sp³-hybridized carbons (Fsp3) is 1.00. The Kier molecular flexibility index (Phi) is 5.82. The lowest BCUT2D eigenvalue weighted by Gasteiger charge is -2.08. The highest BCUT2D eigenvalue weighted by atomic mass is 32.2. The second kappa shape index (κ2) is 6.75. The van der Waals surface area contributed by atoms with Gasteiger partial charge in [0.05, 0.1) is 6.61 Å². The Morgan fingerprint density at radius 2 is 2.50 bits per heavy atom. The van der Waals surface area contributed by atoms with Gasteiger partial charge in [-0.2, -0.15) is 11.8 Å². The largest absolute Gasteiger partial charge is 0.381 e. The zero-order valence-corrected chi connectivity index (χ0v) is 8.66. The first kappa shape index (κ1) is 10.4. The van der Waals surface area contributed by atoms with Gasteiger partial charge in [-0.05, 0) is 37.3 Å². The molecule has 1 aliphatic rings. The van der Waals surface area contributed by atoms with Gasteiger partial charge in [-0.3, -0.25) is 0 Å². The van der Waals surface area contributed by atoms with Crippen LogP contribution in [0.1, 0.15) is 12.8 Å². The van der Waals surface area contributed by atoms with Gasteiger partial charge < -0.3 is 10.1 Å². The second-order valence-corrected chi connectivity index (χ2v) is 4.27. The molecule has 1 N–H and O–H groups in total. The molecule has 0 saturated carbocycles. The maximum atomic E-state index is 5.29. The molecule has 1 unspecified atom stereocenters. The predicted octanol–water partition coefficient (Wildman–Crippen LogP) is 1.37. The molecular weight excluding hydrogens is 170 g/mol. The smallest absolute Gasteiger partial charge is 0.0507 e. The maximum absolute atomic E-state index is 5.29. The van der Waals surface area contributed by atoms with Crippen LogP contribution in [-0.4, -0.2) is 38.3 Å². The minimum Gasteiger partial charge on any atom is -0.381 e. The molecule has 0 spiro atoms. The molecule has 0 aromatic heterocycles. The van der Waals surface area contributed by atoms with Crippen molar-refractivity contribution in [2.45, 2.75) is 12.8 Å². The summed E-state index contributed by atoms with van der Waals surface area (Å²) in [4.78, 5) is 0. The van der Waals surface area contributed by atoms with Crippen LogP contribution in [0.5, 0.6) is 0 Å². The molecule has 0 radical (unpaired) electrons. The van der Waals surface area contributed by atoms with E-state index in [9.17, 15) is 0 Å². The van der Waals surface area contributed by atoms with Crippen molar-refractivity contribution in [1.82, 2.24) is 5.32 Å². The number of ether oxygens (including phenoxy) is 1. The molecule has 12 heavy (non-hydrogen) atoms. The first-order valence-corrected chi connectivity index (χ1v) is 6.10. The molecule has 0 aromatic rings. The molecule has 1 heterocycles. The average molecular weight is 189 g/mol. The maximum Gasteiger partial charge on any atom is 0.0507 e. The summed E-state index contributed by atoms with van der Waals surface area (Å²) in [5, 5.41) is 3.47. The molecule has 3 heteroatoms. The number of hydrogen-bond acceptors (Lipinski definition) is 3. The molecular formula is C9H19NOS. The molecule has 1 fully saturated rings. The van der Waals surface area contributed by atoms with Gasteiger partial charge in [-0.25, -0.2) is 0 Å². The van der Waals surface area contributed by atoms with E-state index in [1.54, 1.807) is 0 Å². The number of hydrogen-bond donors (Lipinski definition) is 1. The lowest BCUT2D eigenvalue weighted by Crippen LogP contribution is -2.24. The van der Waals surface area contributed by atoms with Crippen molar-refractivity contribution in [3.8, 4) is 0 Å². The lowest BCUT2D eigenvalue weighted by atomic mass is 10.1. The van der Waals surface area contributed by atoms with Crippen LogP contribution in [0.4, 0.5) is 0 Å². The fourth-order valence-corrected chi connectivity index (χ4v) is 1.83. The first-order chi connectivity index (χ1) is 5.93. The van der Waals surface area contributed by atoms with Crippen LogP contribution in [0.3, 0.4) is 0 Å². The van der Waals surface area contributed by atoms with Gasteiger partial charge in [0.2, 0.25) is 0 Å². The summed E-state index contributed by atoms with van der Waals surface area (Å²) in [5.41, 5.74) is 0. The molecule has 72 valence electrons. The zero-order chi connectivity index (χ0) is 8.65. The van der Waals surface area contributed by atoms with Crippen LogP contribution >= 0.6 is 11.8 Å². The molecule has 0 aliphatic carbocycles. The Morgan fingerprint density at radius 3 is 3.17 bits per heavy atom. The minimum atomic E-state index is 0.777. The second-order valence-electron chi connectivity index (χ2n) is 3.28. The van der Waals surface area contributed by atoms with Gasteiger partial charge in [0.1, 0.15) is 0 Å². The highest BCUT2D eigenvalue weighted by Crippen LogP contribution is 2.10. The Hall–Kier alpha value is 0.270. The summed E-state index contributed by atoms with van der Waals surface area (Å²) in [6.45, 7) is 4.25. The summed E-state index contributed by atoms with van der Waals surface area (Å²) in [6, 6.07) is 0. The monoisotopic (exact) mass is 189 g/mol. The van der Waals surface area contributed by atoms with Crippen LogP contribution in [0, 0.1) is 5.92 Å². The third-order valence-electron chi connectivity index (χ3n) is 2.16. The number of rotatable bonds is 6. The first-order valence-electron chi connectivity index (χ1n) is 4.71. The summed E-state index contributed by atoms with van der Waals surface area (Å²) in [7, 11) is 0. The van der Waals surface area contributed by atoms with E-state index in [0.717, 1.165) is 32.2 Å². The Balaban J connectivity index is 1.81. The van der Waals surface area contributed by atoms with Gasteiger partial charge in [-0.1, -0.05) is 0 Å². The summed E-state index contributed by atoms with van der Waals surface area (Å²) < 4.78 is 5.29. The van der Waals surface area contributed by atoms with Crippen molar-refractivity contribution < 1.29 is 4.74 Å². The molecule has 1 rings (SSSR count). The number of nitrogens with one attached hydrogen (secondary N) is 1. The predicted molar refractivity (Wildman–Crippen MR) is 54.8 cm³/mol. The SMILES string of the molecule is CSCCCNCC1CCOC1. The summed E-state index contributed by atoms with van der Waals surface area (Å²) in [6.07, 6.45) is 4.69. The Labute approximate surface area is 79.4 Å². The summed E-state index contributed by atoms with van der Waals surface area (Å²) in [5.74, 6) is 2.05. The normalized spacial score (nSPS) is 23.2. The molecule has 0 aromatic carbocycles. The van der Waals surface area contributed by atoms with Crippen molar-refractivity contribution >= 4 is 11.8 Å². The van der Waals surface area contributed by atoms with E-state index in [4.69, 9.17) is 4.74 Å². The van der Waals surface area contributed by atoms with Crippen LogP contribution in [0.25, 0.3) is 0 Å². The molecule has 1 aliphatic heterocycles. The van der Waals surface area contributed by atoms with E-state index in [0.29, 0.717) is 0 Å². The van der Waals surface area contributed by atoms with Crippen LogP contribution in [0.2, 0.25) is 0 Å². The molecule has 0 amide bonds. The highest BCUT2D eigenvalue weighted by molar-refractivity contribution is 7.98. The van der Waals surface area contributed by atoms with E-state index >= 15 is 0 Å². The van der Waals surface area contributed by atoms with E-state index in [1.165, 1.54) is 18.6 Å². The third kappa shape index (κ3) is 4.33. The Bertz CT molecular complexity index is 105. The van der Waals surface area contributed by atoms with E-state index in [2.05, 4.69) is 11.6 Å². The quantitative estimate of drug-likeness (QED) is 0.638. The molecule has 0 bridgehead atoms. The molecule has 1 saturated heterocycles. The summed E-state index contributed by atoms with van der Waals surface area (Å²) >= 11 is 1.92. The van der Waals surface area contributed by atoms with Crippen LogP contribution < -0.4 is 5.32 Å². The van der Waals surface area contributed by atoms with Crippen LogP contribution in [0.15, 0.2) is 0 Å². The average Bonchev–Trinajstić information content (AvgIpc) is 2.57. The third-order valence-corrected chi connectivity index (χ3v) is 2.86. The van der Waals surface area contributed by atoms with Gasteiger partial charge in [0, 0.05) is 13.2 Å². The van der Waals surface area contributed by atoms with Crippen molar-refractivity contribution in [2.24, 2.45) is 5.92 Å². The van der Waals surface area contributed by atoms with E-state index in [-0.39, 0.29) is 0 Å². The van der Waals surface area contributed by atoms with Gasteiger partial charge >= 0.3 is 0 Å². The Morgan fingerprint density at radius 1 is 1.58 bits per heavy atom. The van der Waals surface area contributed by atoms with E-state index in [1.807, 2.05) is 11.8 Å². The van der Waals surface area contributed by atoms with Crippen LogP contribution in [-0.2, 0) is 4.74 Å². The van der Waals surface area contributed by atoms with E-state index < -0.39 is 0 Å². The molecule has 1 atom stereocenters. The van der Waals surface area contributed by atoms with Crippen molar-refractivity contribution in [3.63, 3.8) is 0 Å². The van der Waals surface area contributed by atoms with Crippen molar-refractivity contribution in [3.05, 3.63) is 0 Å². The topological polar surface area (TPSA) is 21.3 Å². The standard InChI is InChI=1S/C9H19NOS/c1-12-6-2-4-10-7-9-3-5-11-8-9/h9-10H,2-8H2,1H3. The highest BCUT2D eigenvalue weighted by Gasteiger charge is 2.14.